The molecule has 3 aromatic rings. The molecule has 0 saturated carbocycles. The van der Waals surface area contributed by atoms with Gasteiger partial charge in [-0.1, -0.05) is 0 Å². The van der Waals surface area contributed by atoms with E-state index in [4.69, 9.17) is 33.0 Å². The number of imidazole rings is 1. The molecule has 2 saturated heterocycles. The largest absolute Gasteiger partial charge is 0.563 e. The number of nitrogen functional groups attached to an aromatic ring is 1. The topological polar surface area (TPSA) is 246 Å². The number of H-pyrrole nitrogens is 1. The van der Waals surface area contributed by atoms with E-state index in [-0.39, 0.29) is 36.4 Å². The quantitative estimate of drug-likeness (QED) is 0.129. The molecule has 4 aliphatic heterocycles. The number of hydrogen-bond donors (Lipinski definition) is 9. The first-order chi connectivity index (χ1) is 21.3. The van der Waals surface area contributed by atoms with Crippen molar-refractivity contribution in [3.63, 3.8) is 0 Å². The lowest BCUT2D eigenvalue weighted by Crippen LogP contribution is -2.62. The van der Waals surface area contributed by atoms with Gasteiger partial charge < -0.3 is 25.1 Å². The number of aromatic amines is 1. The van der Waals surface area contributed by atoms with Gasteiger partial charge in [-0.15, -0.1) is 0 Å². The van der Waals surface area contributed by atoms with Gasteiger partial charge >= 0.3 is 14.3 Å². The normalized spacial score (nSPS) is 31.2. The average Bonchev–Trinajstić information content (AvgIpc) is 3.72. The summed E-state index contributed by atoms with van der Waals surface area (Å²) >= 11 is 8.00. The number of hydrogen-bond acceptors (Lipinski definition) is 18. The molecule has 8 N–H and O–H groups in total. The van der Waals surface area contributed by atoms with E-state index in [9.17, 15) is 19.4 Å². The molecule has 7 heterocycles. The number of nitrogens with zero attached hydrogens (tertiary/aromatic N) is 4. The number of fused-ring (bicyclic) bond motifs is 5. The van der Waals surface area contributed by atoms with Crippen LogP contribution in [0.1, 0.15) is 5.76 Å². The van der Waals surface area contributed by atoms with Gasteiger partial charge in [-0.05, 0) is 0 Å². The molecule has 240 valence electrons. The highest BCUT2D eigenvalue weighted by Gasteiger charge is 2.52. The average molecular weight is 712 g/mol. The minimum Gasteiger partial charge on any atom is -0.435 e. The molecule has 0 spiro atoms. The van der Waals surface area contributed by atoms with Crippen LogP contribution in [0, 0.1) is 5.82 Å². The third kappa shape index (κ3) is 5.32. The number of nitrogens with one attached hydrogen (secondary N) is 4. The van der Waals surface area contributed by atoms with Gasteiger partial charge in [0, 0.05) is 0 Å². The molecule has 5 atom stereocenters. The zero-order valence-electron chi connectivity index (χ0n) is 22.1. The predicted molar refractivity (Wildman–Crippen MR) is 157 cm³/mol. The van der Waals surface area contributed by atoms with E-state index in [2.05, 4.69) is 55.4 Å². The van der Waals surface area contributed by atoms with Crippen LogP contribution in [0.2, 0.25) is 0 Å². The molecular weight excluding hydrogens is 690 g/mol. The molecule has 0 aromatic carbocycles. The van der Waals surface area contributed by atoms with Gasteiger partial charge in [-0.3, -0.25) is 38.8 Å². The monoisotopic (exact) mass is 711 g/mol. The first-order valence-corrected chi connectivity index (χ1v) is 18.0. The Labute approximate surface area is 260 Å². The maximum Gasteiger partial charge on any atom is 0.563 e. The Morgan fingerprint density at radius 1 is 1.18 bits per heavy atom. The summed E-state index contributed by atoms with van der Waals surface area (Å²) in [6, 6.07) is -0.750. The fourth-order valence-electron chi connectivity index (χ4n) is 4.82. The molecule has 1 amide bonds. The van der Waals surface area contributed by atoms with Gasteiger partial charge in [0.25, 0.3) is 23.0 Å². The SMILES string of the molecule is Nc1nc2c(ncn2C2=C3O[P+](O)(S)OCc4oc(N5CN[C@H]6C(=O)NCNC65)c(F)c4O[P+](O)(S)O/C=C(/O2)[C@H]3F)c(=O)[nH]1. The number of anilines is 2. The van der Waals surface area contributed by atoms with Gasteiger partial charge in [-0.25, -0.2) is 13.9 Å². The number of alkyl halides is 1. The number of carbonyl (C=O) groups is 1. The second-order valence-corrected chi connectivity index (χ2v) is 15.4. The number of thiol groups is 2. The minimum absolute atomic E-state index is 0.0309. The molecule has 2 fully saturated rings. The molecule has 7 rings (SSSR count). The van der Waals surface area contributed by atoms with Gasteiger partial charge in [0.1, 0.15) is 43.0 Å². The Bertz CT molecular complexity index is 1850. The maximum atomic E-state index is 15.9. The van der Waals surface area contributed by atoms with E-state index >= 15 is 8.78 Å². The van der Waals surface area contributed by atoms with Crippen LogP contribution >= 0.6 is 38.8 Å². The number of aromatic nitrogens is 4. The van der Waals surface area contributed by atoms with Crippen molar-refractivity contribution in [2.75, 3.05) is 24.0 Å². The maximum absolute atomic E-state index is 15.9. The number of furan rings is 1. The van der Waals surface area contributed by atoms with Gasteiger partial charge in [-0.2, -0.15) is 23.7 Å². The molecule has 0 aliphatic carbocycles. The number of carbonyl (C=O) groups excluding carboxylic acids is 1. The third-order valence-electron chi connectivity index (χ3n) is 6.76. The Kier molecular flexibility index (Phi) is 7.30. The van der Waals surface area contributed by atoms with E-state index in [0.717, 1.165) is 10.9 Å². The van der Waals surface area contributed by atoms with Crippen LogP contribution in [-0.4, -0.2) is 66.9 Å². The van der Waals surface area contributed by atoms with Crippen molar-refractivity contribution in [2.45, 2.75) is 25.0 Å². The lowest BCUT2D eigenvalue weighted by Gasteiger charge is -2.30. The minimum atomic E-state index is -4.36. The van der Waals surface area contributed by atoms with Gasteiger partial charge in [0.15, 0.2) is 35.6 Å². The highest BCUT2D eigenvalue weighted by atomic mass is 32.7. The van der Waals surface area contributed by atoms with Gasteiger partial charge in [0.2, 0.25) is 29.7 Å². The zero-order chi connectivity index (χ0) is 31.8. The van der Waals surface area contributed by atoms with E-state index in [1.165, 1.54) is 4.90 Å². The summed E-state index contributed by atoms with van der Waals surface area (Å²) in [6.45, 7) is -0.723. The Morgan fingerprint density at radius 2 is 1.98 bits per heavy atom. The van der Waals surface area contributed by atoms with E-state index in [1.807, 2.05) is 0 Å². The van der Waals surface area contributed by atoms with Crippen molar-refractivity contribution >= 4 is 73.6 Å². The Balaban J connectivity index is 1.27. The van der Waals surface area contributed by atoms with Crippen LogP contribution in [-0.2, 0) is 29.7 Å². The van der Waals surface area contributed by atoms with Crippen LogP contribution in [0.15, 0.2) is 33.3 Å². The summed E-state index contributed by atoms with van der Waals surface area (Å²) in [5, 5.41) is 8.54. The highest BCUT2D eigenvalue weighted by Crippen LogP contribution is 2.67. The van der Waals surface area contributed by atoms with Crippen LogP contribution in [0.25, 0.3) is 17.0 Å². The summed E-state index contributed by atoms with van der Waals surface area (Å²) in [5.74, 6) is -5.17. The first kappa shape index (κ1) is 30.3. The number of halogens is 2. The second-order valence-electron chi connectivity index (χ2n) is 9.58. The lowest BCUT2D eigenvalue weighted by molar-refractivity contribution is -0.124. The summed E-state index contributed by atoms with van der Waals surface area (Å²) < 4.78 is 65.3. The summed E-state index contributed by atoms with van der Waals surface area (Å²) in [5.41, 5.74) is 4.58. The predicted octanol–water partition coefficient (Wildman–Crippen LogP) is 0.350. The van der Waals surface area contributed by atoms with E-state index in [1.54, 1.807) is 0 Å². The number of rotatable bonds is 2. The van der Waals surface area contributed by atoms with Crippen LogP contribution in [0.4, 0.5) is 20.6 Å². The zero-order valence-corrected chi connectivity index (χ0v) is 25.7. The van der Waals surface area contributed by atoms with Crippen LogP contribution in [0.5, 0.6) is 5.75 Å². The Morgan fingerprint density at radius 3 is 2.78 bits per heavy atom. The fraction of sp³-hybridized carbons (Fsp3) is 0.300. The molecule has 19 nitrogen and oxygen atoms in total. The molecular formula is C20H21F2N9O10P2S2+2. The Hall–Kier alpha value is -3.40. The van der Waals surface area contributed by atoms with E-state index < -0.39 is 85.4 Å². The molecule has 0 radical (unpaired) electrons. The fourth-order valence-corrected chi connectivity index (χ4v) is 7.11. The molecule has 3 aromatic heterocycles. The smallest absolute Gasteiger partial charge is 0.435 e. The number of nitrogens with two attached hydrogens (primary N) is 1. The van der Waals surface area contributed by atoms with Crippen molar-refractivity contribution < 1.29 is 50.6 Å². The van der Waals surface area contributed by atoms with Crippen molar-refractivity contribution in [1.82, 2.24) is 35.5 Å². The van der Waals surface area contributed by atoms with Crippen molar-refractivity contribution in [2.24, 2.45) is 0 Å². The standard InChI is InChI=1S/C20H19F2N9O10P2S2/c21-8-6-1-36-42(34,44)40-12-7(39-18(9(12)22)30-4-26-10-14(30)24-3-25-16(10)32)2-37-43(35,45)41-13(8)19(38-6)31-5-27-11-15(31)28-20(23)29-17(11)33/h1,5,8,10,14,24,26,34-35,44-45H,2-4H2,(H2-2,23,25,28,29,32,33)/p+2/b6-1+/t8-,10-,14?,42?,43?/m1/s1. The molecule has 2 bridgehead atoms. The van der Waals surface area contributed by atoms with E-state index in [0.29, 0.717) is 6.26 Å². The van der Waals surface area contributed by atoms with Crippen molar-refractivity contribution in [3.8, 4) is 5.75 Å². The van der Waals surface area contributed by atoms with Crippen LogP contribution < -0.4 is 36.7 Å². The highest BCUT2D eigenvalue weighted by molar-refractivity contribution is 8.47. The summed E-state index contributed by atoms with van der Waals surface area (Å²) in [6.07, 6.45) is -1.39. The second kappa shape index (κ2) is 10.9. The summed E-state index contributed by atoms with van der Waals surface area (Å²) in [4.78, 5) is 57.9. The number of amides is 1. The first-order valence-electron chi connectivity index (χ1n) is 12.5. The third-order valence-corrected chi connectivity index (χ3v) is 9.58. The molecule has 45 heavy (non-hydrogen) atoms. The molecule has 25 heteroatoms. The van der Waals surface area contributed by atoms with Crippen molar-refractivity contribution in [3.05, 3.63) is 46.0 Å². The van der Waals surface area contributed by atoms with Crippen LogP contribution in [0.3, 0.4) is 0 Å². The molecule has 4 aliphatic rings. The summed E-state index contributed by atoms with van der Waals surface area (Å²) in [7, 11) is -8.72. The lowest BCUT2D eigenvalue weighted by atomic mass is 10.2. The van der Waals surface area contributed by atoms with Gasteiger partial charge in [0.05, 0.1) is 13.3 Å². The van der Waals surface area contributed by atoms with Crippen molar-refractivity contribution in [1.29, 1.82) is 0 Å². The molecule has 3 unspecified atom stereocenters. The number of ether oxygens (including phenoxy) is 1.